The Labute approximate surface area is 233 Å². The number of likely N-dealkylation sites (tertiary alicyclic amines) is 2. The Kier molecular flexibility index (Phi) is 8.17. The topological polar surface area (TPSA) is 34.2 Å². The molecule has 39 heavy (non-hydrogen) atoms. The molecule has 3 aromatic rings. The van der Waals surface area contributed by atoms with Crippen LogP contribution < -0.4 is 14.2 Å². The number of hydrogen-bond acceptors (Lipinski definition) is 5. The Morgan fingerprint density at radius 2 is 1.31 bits per heavy atom. The van der Waals surface area contributed by atoms with Crippen molar-refractivity contribution in [1.82, 2.24) is 9.80 Å². The minimum atomic E-state index is 0.191. The van der Waals surface area contributed by atoms with Gasteiger partial charge in [0.2, 0.25) is 6.79 Å². The first-order chi connectivity index (χ1) is 19.3. The third kappa shape index (κ3) is 6.15. The van der Waals surface area contributed by atoms with Gasteiger partial charge in [0.25, 0.3) is 0 Å². The molecule has 3 aromatic carbocycles. The highest BCUT2D eigenvalue weighted by Gasteiger charge is 2.23. The first-order valence-electron chi connectivity index (χ1n) is 14.7. The van der Waals surface area contributed by atoms with E-state index in [0.717, 1.165) is 42.3 Å². The highest BCUT2D eigenvalue weighted by atomic mass is 16.7. The van der Waals surface area contributed by atoms with E-state index >= 15 is 0 Å². The van der Waals surface area contributed by atoms with Gasteiger partial charge in [-0.05, 0) is 110 Å². The first kappa shape index (κ1) is 26.0. The SMILES string of the molecule is CCC(=C(c1ccccc1)c1ccc(OC(CN2CCCC2)CN2CCCC2)cc1)c1ccc2c(c1)OCO2. The number of hydrogen-bond donors (Lipinski definition) is 0. The lowest BCUT2D eigenvalue weighted by molar-refractivity contribution is 0.109. The molecular weight excluding hydrogens is 484 g/mol. The number of nitrogens with zero attached hydrogens (tertiary/aromatic N) is 2. The van der Waals surface area contributed by atoms with Crippen LogP contribution in [0.5, 0.6) is 17.2 Å². The van der Waals surface area contributed by atoms with Gasteiger partial charge in [0, 0.05) is 13.1 Å². The summed E-state index contributed by atoms with van der Waals surface area (Å²) in [6, 6.07) is 25.7. The van der Waals surface area contributed by atoms with Gasteiger partial charge in [0.1, 0.15) is 11.9 Å². The molecule has 0 radical (unpaired) electrons. The van der Waals surface area contributed by atoms with Gasteiger partial charge in [-0.1, -0.05) is 55.5 Å². The maximum Gasteiger partial charge on any atom is 0.231 e. The van der Waals surface area contributed by atoms with Crippen molar-refractivity contribution in [3.63, 3.8) is 0 Å². The Morgan fingerprint density at radius 1 is 0.718 bits per heavy atom. The molecule has 3 aliphatic heterocycles. The molecule has 3 heterocycles. The van der Waals surface area contributed by atoms with E-state index < -0.39 is 0 Å². The number of rotatable bonds is 10. The third-order valence-electron chi connectivity index (χ3n) is 8.21. The summed E-state index contributed by atoms with van der Waals surface area (Å²) in [6.07, 6.45) is 6.32. The fraction of sp³-hybridized carbons (Fsp3) is 0.412. The zero-order chi connectivity index (χ0) is 26.4. The van der Waals surface area contributed by atoms with Crippen LogP contribution in [-0.2, 0) is 0 Å². The van der Waals surface area contributed by atoms with Gasteiger partial charge in [0.15, 0.2) is 11.5 Å². The fourth-order valence-electron chi connectivity index (χ4n) is 6.26. The van der Waals surface area contributed by atoms with Crippen LogP contribution in [0.2, 0.25) is 0 Å². The summed E-state index contributed by atoms with van der Waals surface area (Å²) in [7, 11) is 0. The molecule has 0 amide bonds. The minimum Gasteiger partial charge on any atom is -0.488 e. The van der Waals surface area contributed by atoms with E-state index in [0.29, 0.717) is 0 Å². The fourth-order valence-corrected chi connectivity index (χ4v) is 6.26. The van der Waals surface area contributed by atoms with Crippen molar-refractivity contribution < 1.29 is 14.2 Å². The molecular formula is C34H40N2O3. The van der Waals surface area contributed by atoms with E-state index in [-0.39, 0.29) is 12.9 Å². The van der Waals surface area contributed by atoms with E-state index in [2.05, 4.69) is 83.5 Å². The molecule has 204 valence electrons. The van der Waals surface area contributed by atoms with Crippen LogP contribution in [0.25, 0.3) is 11.1 Å². The van der Waals surface area contributed by atoms with Gasteiger partial charge in [-0.3, -0.25) is 9.80 Å². The zero-order valence-electron chi connectivity index (χ0n) is 23.1. The van der Waals surface area contributed by atoms with Gasteiger partial charge < -0.3 is 14.2 Å². The first-order valence-corrected chi connectivity index (χ1v) is 14.7. The van der Waals surface area contributed by atoms with Crippen molar-refractivity contribution in [3.8, 4) is 17.2 Å². The normalized spacial score (nSPS) is 18.1. The molecule has 0 N–H and O–H groups in total. The van der Waals surface area contributed by atoms with Crippen LogP contribution in [0.15, 0.2) is 72.8 Å². The van der Waals surface area contributed by atoms with Crippen molar-refractivity contribution in [3.05, 3.63) is 89.5 Å². The molecule has 0 spiro atoms. The van der Waals surface area contributed by atoms with E-state index in [1.807, 2.05) is 6.07 Å². The van der Waals surface area contributed by atoms with Crippen molar-refractivity contribution in [1.29, 1.82) is 0 Å². The van der Waals surface area contributed by atoms with E-state index in [9.17, 15) is 0 Å². The van der Waals surface area contributed by atoms with E-state index in [1.165, 1.54) is 74.1 Å². The Balaban J connectivity index is 1.29. The minimum absolute atomic E-state index is 0.191. The van der Waals surface area contributed by atoms with Gasteiger partial charge in [-0.2, -0.15) is 0 Å². The molecule has 0 saturated carbocycles. The van der Waals surface area contributed by atoms with Crippen molar-refractivity contribution in [2.24, 2.45) is 0 Å². The second-order valence-corrected chi connectivity index (χ2v) is 10.9. The highest BCUT2D eigenvalue weighted by molar-refractivity contribution is 5.98. The smallest absolute Gasteiger partial charge is 0.231 e. The summed E-state index contributed by atoms with van der Waals surface area (Å²) < 4.78 is 17.9. The number of ether oxygens (including phenoxy) is 3. The lowest BCUT2D eigenvalue weighted by atomic mass is 9.88. The predicted octanol–water partition coefficient (Wildman–Crippen LogP) is 6.72. The van der Waals surface area contributed by atoms with Crippen molar-refractivity contribution in [2.75, 3.05) is 46.1 Å². The van der Waals surface area contributed by atoms with Crippen LogP contribution in [0, 0.1) is 0 Å². The van der Waals surface area contributed by atoms with Crippen LogP contribution in [0.3, 0.4) is 0 Å². The number of benzene rings is 3. The Morgan fingerprint density at radius 3 is 1.95 bits per heavy atom. The predicted molar refractivity (Wildman–Crippen MR) is 157 cm³/mol. The van der Waals surface area contributed by atoms with Gasteiger partial charge in [-0.25, -0.2) is 0 Å². The zero-order valence-corrected chi connectivity index (χ0v) is 23.1. The summed E-state index contributed by atoms with van der Waals surface area (Å²) in [5.74, 6) is 2.58. The molecule has 0 bridgehead atoms. The van der Waals surface area contributed by atoms with Crippen LogP contribution in [0.4, 0.5) is 0 Å². The molecule has 6 rings (SSSR count). The van der Waals surface area contributed by atoms with E-state index in [1.54, 1.807) is 0 Å². The largest absolute Gasteiger partial charge is 0.488 e. The maximum absolute atomic E-state index is 6.67. The summed E-state index contributed by atoms with van der Waals surface area (Å²) in [5.41, 5.74) is 6.10. The quantitative estimate of drug-likeness (QED) is 0.275. The standard InChI is InChI=1S/C34H40N2O3/c1-2-31(28-14-17-32-33(22-28)38-25-37-32)34(26-10-4-3-5-11-26)27-12-15-29(16-13-27)39-30(23-35-18-6-7-19-35)24-36-20-8-9-21-36/h3-5,10-17,22,30H,2,6-9,18-21,23-25H2,1H3. The molecule has 0 aromatic heterocycles. The average Bonchev–Trinajstić information content (AvgIpc) is 3.76. The Hall–Kier alpha value is -3.28. The van der Waals surface area contributed by atoms with E-state index in [4.69, 9.17) is 14.2 Å². The van der Waals surface area contributed by atoms with Crippen molar-refractivity contribution in [2.45, 2.75) is 45.1 Å². The summed E-state index contributed by atoms with van der Waals surface area (Å²) in [6.45, 7) is 9.32. The number of allylic oxidation sites excluding steroid dienone is 1. The van der Waals surface area contributed by atoms with Gasteiger partial charge >= 0.3 is 0 Å². The molecule has 0 unspecified atom stereocenters. The number of fused-ring (bicyclic) bond motifs is 1. The molecule has 5 heteroatoms. The van der Waals surface area contributed by atoms with Crippen LogP contribution >= 0.6 is 0 Å². The molecule has 5 nitrogen and oxygen atoms in total. The molecule has 0 atom stereocenters. The lowest BCUT2D eigenvalue weighted by Gasteiger charge is -2.28. The highest BCUT2D eigenvalue weighted by Crippen LogP contribution is 2.39. The third-order valence-corrected chi connectivity index (χ3v) is 8.21. The average molecular weight is 525 g/mol. The molecule has 3 aliphatic rings. The van der Waals surface area contributed by atoms with Gasteiger partial charge in [0.05, 0.1) is 0 Å². The second kappa shape index (κ2) is 12.3. The van der Waals surface area contributed by atoms with Crippen molar-refractivity contribution >= 4 is 11.1 Å². The second-order valence-electron chi connectivity index (χ2n) is 10.9. The summed E-state index contributed by atoms with van der Waals surface area (Å²) >= 11 is 0. The van der Waals surface area contributed by atoms with Crippen LogP contribution in [0.1, 0.15) is 55.7 Å². The molecule has 2 saturated heterocycles. The lowest BCUT2D eigenvalue weighted by Crippen LogP contribution is -2.41. The summed E-state index contributed by atoms with van der Waals surface area (Å²) in [4.78, 5) is 5.15. The van der Waals surface area contributed by atoms with Crippen LogP contribution in [-0.4, -0.2) is 62.0 Å². The van der Waals surface area contributed by atoms with Gasteiger partial charge in [-0.15, -0.1) is 0 Å². The summed E-state index contributed by atoms with van der Waals surface area (Å²) in [5, 5.41) is 0. The Bertz CT molecular complexity index is 1240. The maximum atomic E-state index is 6.67. The molecule has 0 aliphatic carbocycles. The monoisotopic (exact) mass is 524 g/mol. The molecule has 2 fully saturated rings.